The maximum Gasteiger partial charge on any atom is 0.222 e. The third-order valence-electron chi connectivity index (χ3n) is 2.36. The van der Waals surface area contributed by atoms with Crippen molar-refractivity contribution in [2.24, 2.45) is 0 Å². The minimum absolute atomic E-state index is 0.0574. The Morgan fingerprint density at radius 3 is 2.71 bits per heavy atom. The Morgan fingerprint density at radius 2 is 2.21 bits per heavy atom. The number of rotatable bonds is 4. The van der Waals surface area contributed by atoms with E-state index in [1.54, 1.807) is 11.8 Å². The topological polar surface area (TPSA) is 40.5 Å². The molecular formula is C10H16FNO2. The zero-order valence-corrected chi connectivity index (χ0v) is 8.37. The molecule has 4 heteroatoms. The van der Waals surface area contributed by atoms with Crippen LogP contribution in [0.4, 0.5) is 4.39 Å². The van der Waals surface area contributed by atoms with Gasteiger partial charge in [-0.3, -0.25) is 4.79 Å². The zero-order valence-electron chi connectivity index (χ0n) is 8.37. The largest absolute Gasteiger partial charge is 0.389 e. The van der Waals surface area contributed by atoms with E-state index in [9.17, 15) is 9.18 Å². The first-order chi connectivity index (χ1) is 6.63. The summed E-state index contributed by atoms with van der Waals surface area (Å²) in [4.78, 5) is 13.0. The van der Waals surface area contributed by atoms with Gasteiger partial charge in [-0.15, -0.1) is 0 Å². The van der Waals surface area contributed by atoms with Crippen LogP contribution in [0.2, 0.25) is 0 Å². The summed E-state index contributed by atoms with van der Waals surface area (Å²) < 4.78 is 11.9. The first-order valence-electron chi connectivity index (χ1n) is 4.85. The van der Waals surface area contributed by atoms with Crippen molar-refractivity contribution < 1.29 is 14.3 Å². The predicted molar refractivity (Wildman–Crippen MR) is 51.3 cm³/mol. The number of nitrogens with zero attached hydrogens (tertiary/aromatic N) is 1. The van der Waals surface area contributed by atoms with Crippen molar-refractivity contribution in [1.29, 1.82) is 0 Å². The summed E-state index contributed by atoms with van der Waals surface area (Å²) >= 11 is 0. The monoisotopic (exact) mass is 201 g/mol. The van der Waals surface area contributed by atoms with Gasteiger partial charge in [-0.2, -0.15) is 0 Å². The number of likely N-dealkylation sites (tertiary alicyclic amines) is 1. The smallest absolute Gasteiger partial charge is 0.222 e. The Labute approximate surface area is 83.2 Å². The van der Waals surface area contributed by atoms with Gasteiger partial charge >= 0.3 is 0 Å². The highest BCUT2D eigenvalue weighted by atomic mass is 19.1. The van der Waals surface area contributed by atoms with E-state index in [0.717, 1.165) is 0 Å². The second kappa shape index (κ2) is 5.10. The highest BCUT2D eigenvalue weighted by Gasteiger charge is 2.27. The predicted octanol–water partition coefficient (Wildman–Crippen LogP) is 1.23. The van der Waals surface area contributed by atoms with Gasteiger partial charge in [0.1, 0.15) is 0 Å². The highest BCUT2D eigenvalue weighted by molar-refractivity contribution is 5.77. The minimum Gasteiger partial charge on any atom is -0.389 e. The summed E-state index contributed by atoms with van der Waals surface area (Å²) in [6.07, 6.45) is 1.98. The number of allylic oxidation sites excluding steroid dienone is 1. The first-order valence-corrected chi connectivity index (χ1v) is 4.85. The SMILES string of the molecule is CC(=CF)CCCC(=O)N1CC(O)C1. The average molecular weight is 201 g/mol. The van der Waals surface area contributed by atoms with Crippen molar-refractivity contribution in [3.63, 3.8) is 0 Å². The Kier molecular flexibility index (Phi) is 4.07. The van der Waals surface area contributed by atoms with Crippen LogP contribution in [0.1, 0.15) is 26.2 Å². The molecule has 0 bridgehead atoms. The van der Waals surface area contributed by atoms with Crippen LogP contribution in [0.3, 0.4) is 0 Å². The lowest BCUT2D eigenvalue weighted by Gasteiger charge is -2.35. The van der Waals surface area contributed by atoms with E-state index in [-0.39, 0.29) is 12.0 Å². The molecule has 0 spiro atoms. The lowest BCUT2D eigenvalue weighted by molar-refractivity contribution is -0.141. The molecule has 1 fully saturated rings. The number of aliphatic hydroxyl groups excluding tert-OH is 1. The molecule has 0 radical (unpaired) electrons. The lowest BCUT2D eigenvalue weighted by atomic mass is 10.1. The number of β-amino-alcohol motifs (C(OH)–C–C–N with tert-alkyl or cyclic N) is 1. The molecule has 0 aliphatic carbocycles. The average Bonchev–Trinajstić information content (AvgIpc) is 2.12. The second-order valence-corrected chi connectivity index (χ2v) is 3.76. The van der Waals surface area contributed by atoms with E-state index >= 15 is 0 Å². The van der Waals surface area contributed by atoms with Crippen molar-refractivity contribution >= 4 is 5.91 Å². The molecule has 3 nitrogen and oxygen atoms in total. The molecule has 1 rings (SSSR count). The van der Waals surface area contributed by atoms with Crippen molar-refractivity contribution in [3.8, 4) is 0 Å². The Morgan fingerprint density at radius 1 is 1.57 bits per heavy atom. The maximum absolute atomic E-state index is 11.9. The standard InChI is InChI=1S/C10H16FNO2/c1-8(5-11)3-2-4-10(14)12-6-9(13)7-12/h5,9,13H,2-4,6-7H2,1H3. The number of amides is 1. The number of aliphatic hydroxyl groups is 1. The van der Waals surface area contributed by atoms with Gasteiger partial charge in [0.05, 0.1) is 12.4 Å². The normalized spacial score (nSPS) is 18.2. The quantitative estimate of drug-likeness (QED) is 0.743. The Bertz CT molecular complexity index is 234. The Balaban J connectivity index is 2.10. The van der Waals surface area contributed by atoms with Gasteiger partial charge in [0.25, 0.3) is 0 Å². The summed E-state index contributed by atoms with van der Waals surface area (Å²) in [5.41, 5.74) is 0.668. The molecule has 1 aliphatic heterocycles. The number of hydrogen-bond acceptors (Lipinski definition) is 2. The van der Waals surface area contributed by atoms with Gasteiger partial charge in [0.2, 0.25) is 5.91 Å². The molecule has 0 atom stereocenters. The molecular weight excluding hydrogens is 185 g/mol. The summed E-state index contributed by atoms with van der Waals surface area (Å²) in [6.45, 7) is 2.62. The summed E-state index contributed by atoms with van der Waals surface area (Å²) in [5.74, 6) is 0.0574. The van der Waals surface area contributed by atoms with Crippen LogP contribution in [0.15, 0.2) is 11.9 Å². The van der Waals surface area contributed by atoms with Crippen LogP contribution in [-0.2, 0) is 4.79 Å². The highest BCUT2D eigenvalue weighted by Crippen LogP contribution is 2.12. The van der Waals surface area contributed by atoms with Gasteiger partial charge in [-0.05, 0) is 25.3 Å². The van der Waals surface area contributed by atoms with Crippen LogP contribution >= 0.6 is 0 Å². The molecule has 0 unspecified atom stereocenters. The summed E-state index contributed by atoms with van der Waals surface area (Å²) in [6, 6.07) is 0. The van der Waals surface area contributed by atoms with Gasteiger partial charge < -0.3 is 10.0 Å². The van der Waals surface area contributed by atoms with E-state index in [2.05, 4.69) is 0 Å². The molecule has 14 heavy (non-hydrogen) atoms. The molecule has 80 valence electrons. The maximum atomic E-state index is 11.9. The van der Waals surface area contributed by atoms with E-state index in [1.165, 1.54) is 0 Å². The number of carbonyl (C=O) groups excluding carboxylic acids is 1. The molecule has 1 heterocycles. The van der Waals surface area contributed by atoms with E-state index in [1.807, 2.05) is 0 Å². The van der Waals surface area contributed by atoms with Crippen molar-refractivity contribution in [1.82, 2.24) is 4.90 Å². The van der Waals surface area contributed by atoms with Gasteiger partial charge in [-0.1, -0.05) is 0 Å². The van der Waals surface area contributed by atoms with Crippen LogP contribution in [0.5, 0.6) is 0 Å². The van der Waals surface area contributed by atoms with Gasteiger partial charge in [0.15, 0.2) is 0 Å². The third kappa shape index (κ3) is 3.10. The molecule has 1 amide bonds. The summed E-state index contributed by atoms with van der Waals surface area (Å²) in [5, 5.41) is 8.97. The molecule has 1 N–H and O–H groups in total. The van der Waals surface area contributed by atoms with E-state index < -0.39 is 0 Å². The molecule has 1 aliphatic rings. The van der Waals surface area contributed by atoms with Crippen LogP contribution in [0, 0.1) is 0 Å². The van der Waals surface area contributed by atoms with Gasteiger partial charge in [-0.25, -0.2) is 4.39 Å². The number of hydrogen-bond donors (Lipinski definition) is 1. The van der Waals surface area contributed by atoms with E-state index in [4.69, 9.17) is 5.11 Å². The molecule has 1 saturated heterocycles. The van der Waals surface area contributed by atoms with Crippen LogP contribution in [0.25, 0.3) is 0 Å². The van der Waals surface area contributed by atoms with Crippen molar-refractivity contribution in [2.75, 3.05) is 13.1 Å². The fourth-order valence-electron chi connectivity index (χ4n) is 1.39. The summed E-state index contributed by atoms with van der Waals surface area (Å²) in [7, 11) is 0. The first kappa shape index (κ1) is 11.2. The molecule has 0 aromatic carbocycles. The molecule has 0 saturated carbocycles. The van der Waals surface area contributed by atoms with Crippen molar-refractivity contribution in [3.05, 3.63) is 11.9 Å². The second-order valence-electron chi connectivity index (χ2n) is 3.76. The zero-order chi connectivity index (χ0) is 10.6. The fraction of sp³-hybridized carbons (Fsp3) is 0.700. The Hall–Kier alpha value is -0.900. The number of carbonyl (C=O) groups is 1. The van der Waals surface area contributed by atoms with E-state index in [0.29, 0.717) is 44.3 Å². The third-order valence-corrected chi connectivity index (χ3v) is 2.36. The van der Waals surface area contributed by atoms with Crippen LogP contribution in [-0.4, -0.2) is 35.1 Å². The molecule has 0 aromatic heterocycles. The van der Waals surface area contributed by atoms with Crippen LogP contribution < -0.4 is 0 Å². The fourth-order valence-corrected chi connectivity index (χ4v) is 1.39. The van der Waals surface area contributed by atoms with Crippen molar-refractivity contribution in [2.45, 2.75) is 32.3 Å². The lowest BCUT2D eigenvalue weighted by Crippen LogP contribution is -2.53. The van der Waals surface area contributed by atoms with Gasteiger partial charge in [0, 0.05) is 19.5 Å². The number of halogens is 1. The minimum atomic E-state index is -0.341. The molecule has 0 aromatic rings.